The molecule has 1 aromatic heterocycles. The molecule has 0 aliphatic rings. The van der Waals surface area contributed by atoms with Gasteiger partial charge in [0.25, 0.3) is 5.91 Å². The van der Waals surface area contributed by atoms with E-state index in [2.05, 4.69) is 15.0 Å². The monoisotopic (exact) mass is 220 g/mol. The van der Waals surface area contributed by atoms with Crippen LogP contribution >= 0.6 is 0 Å². The molecule has 1 N–H and O–H groups in total. The third-order valence-corrected chi connectivity index (χ3v) is 2.07. The predicted octanol–water partition coefficient (Wildman–Crippen LogP) is 1.74. The molecule has 0 spiro atoms. The minimum Gasteiger partial charge on any atom is -0.364 e. The van der Waals surface area contributed by atoms with Gasteiger partial charge in [-0.05, 0) is 6.07 Å². The lowest BCUT2D eigenvalue weighted by atomic mass is 10.2. The number of nitrogens with zero attached hydrogens (tertiary/aromatic N) is 1. The number of hydrogen-bond acceptors (Lipinski definition) is 3. The van der Waals surface area contributed by atoms with Crippen molar-refractivity contribution in [2.24, 2.45) is 0 Å². The molecule has 2 rings (SSSR count). The van der Waals surface area contributed by atoms with Crippen LogP contribution in [0.4, 0.5) is 4.39 Å². The molecule has 1 heterocycles. The van der Waals surface area contributed by atoms with Gasteiger partial charge in [0.1, 0.15) is 12.1 Å². The molecule has 82 valence electrons. The maximum atomic E-state index is 13.2. The van der Waals surface area contributed by atoms with Gasteiger partial charge < -0.3 is 9.84 Å². The molecule has 4 nitrogen and oxygen atoms in total. The van der Waals surface area contributed by atoms with E-state index in [0.29, 0.717) is 5.56 Å². The lowest BCUT2D eigenvalue weighted by Crippen LogP contribution is -2.23. The van der Waals surface area contributed by atoms with Gasteiger partial charge in [0, 0.05) is 18.2 Å². The fraction of sp³-hybridized carbons (Fsp3) is 0.0909. The Hall–Kier alpha value is -2.17. The van der Waals surface area contributed by atoms with Crippen molar-refractivity contribution in [3.63, 3.8) is 0 Å². The Labute approximate surface area is 91.1 Å². The molecule has 5 heteroatoms. The molecule has 0 aliphatic heterocycles. The van der Waals surface area contributed by atoms with E-state index in [-0.39, 0.29) is 18.1 Å². The summed E-state index contributed by atoms with van der Waals surface area (Å²) in [6.07, 6.45) is 1.30. The number of amides is 1. The standard InChI is InChI=1S/C11H9FN2O2/c12-9-4-2-1-3-8(9)7-13-11(15)10-5-6-16-14-10/h1-6H,7H2,(H,13,15). The topological polar surface area (TPSA) is 55.1 Å². The maximum absolute atomic E-state index is 13.2. The third kappa shape index (κ3) is 2.25. The Morgan fingerprint density at radius 1 is 1.38 bits per heavy atom. The predicted molar refractivity (Wildman–Crippen MR) is 54.1 cm³/mol. The molecule has 0 saturated heterocycles. The first kappa shape index (κ1) is 10.4. The van der Waals surface area contributed by atoms with Crippen molar-refractivity contribution in [2.45, 2.75) is 6.54 Å². The van der Waals surface area contributed by atoms with Gasteiger partial charge in [-0.2, -0.15) is 0 Å². The number of hydrogen-bond donors (Lipinski definition) is 1. The second kappa shape index (κ2) is 4.57. The number of benzene rings is 1. The van der Waals surface area contributed by atoms with Crippen LogP contribution in [0.3, 0.4) is 0 Å². The van der Waals surface area contributed by atoms with Gasteiger partial charge in [0.05, 0.1) is 0 Å². The highest BCUT2D eigenvalue weighted by molar-refractivity contribution is 5.91. The number of carbonyl (C=O) groups is 1. The van der Waals surface area contributed by atoms with Gasteiger partial charge in [-0.3, -0.25) is 4.79 Å². The highest BCUT2D eigenvalue weighted by Crippen LogP contribution is 2.05. The average Bonchev–Trinajstić information content (AvgIpc) is 2.81. The largest absolute Gasteiger partial charge is 0.364 e. The van der Waals surface area contributed by atoms with E-state index >= 15 is 0 Å². The number of aromatic nitrogens is 1. The molecule has 0 atom stereocenters. The van der Waals surface area contributed by atoms with E-state index in [1.165, 1.54) is 18.4 Å². The van der Waals surface area contributed by atoms with Crippen LogP contribution in [0.1, 0.15) is 16.1 Å². The smallest absolute Gasteiger partial charge is 0.273 e. The first-order valence-corrected chi connectivity index (χ1v) is 4.69. The first-order valence-electron chi connectivity index (χ1n) is 4.69. The fourth-order valence-corrected chi connectivity index (χ4v) is 1.24. The van der Waals surface area contributed by atoms with E-state index in [1.54, 1.807) is 18.2 Å². The van der Waals surface area contributed by atoms with Gasteiger partial charge >= 0.3 is 0 Å². The van der Waals surface area contributed by atoms with E-state index in [4.69, 9.17) is 0 Å². The summed E-state index contributed by atoms with van der Waals surface area (Å²) >= 11 is 0. The number of nitrogens with one attached hydrogen (secondary N) is 1. The molecule has 2 aromatic rings. The van der Waals surface area contributed by atoms with Crippen LogP contribution in [0.15, 0.2) is 41.1 Å². The van der Waals surface area contributed by atoms with Crippen LogP contribution in [0.25, 0.3) is 0 Å². The molecular weight excluding hydrogens is 211 g/mol. The van der Waals surface area contributed by atoms with Crippen LogP contribution in [0.5, 0.6) is 0 Å². The number of halogens is 1. The van der Waals surface area contributed by atoms with Crippen molar-refractivity contribution in [3.05, 3.63) is 53.7 Å². The molecular formula is C11H9FN2O2. The molecule has 0 radical (unpaired) electrons. The molecule has 16 heavy (non-hydrogen) atoms. The van der Waals surface area contributed by atoms with Crippen LogP contribution < -0.4 is 5.32 Å². The molecule has 1 amide bonds. The van der Waals surface area contributed by atoms with Crippen molar-refractivity contribution >= 4 is 5.91 Å². The zero-order valence-electron chi connectivity index (χ0n) is 8.31. The SMILES string of the molecule is O=C(NCc1ccccc1F)c1ccon1. The summed E-state index contributed by atoms with van der Waals surface area (Å²) in [4.78, 5) is 11.4. The zero-order chi connectivity index (χ0) is 11.4. The van der Waals surface area contributed by atoms with Gasteiger partial charge in [-0.1, -0.05) is 23.4 Å². The van der Waals surface area contributed by atoms with Crippen LogP contribution in [0.2, 0.25) is 0 Å². The summed E-state index contributed by atoms with van der Waals surface area (Å²) in [5, 5.41) is 6.01. The first-order chi connectivity index (χ1) is 7.77. The minimum absolute atomic E-state index is 0.123. The summed E-state index contributed by atoms with van der Waals surface area (Å²) in [7, 11) is 0. The molecule has 0 unspecified atom stereocenters. The number of rotatable bonds is 3. The summed E-state index contributed by atoms with van der Waals surface area (Å²) in [5.74, 6) is -0.736. The molecule has 0 aliphatic carbocycles. The van der Waals surface area contributed by atoms with Crippen LogP contribution in [0, 0.1) is 5.82 Å². The van der Waals surface area contributed by atoms with Crippen molar-refractivity contribution < 1.29 is 13.7 Å². The van der Waals surface area contributed by atoms with E-state index in [0.717, 1.165) is 0 Å². The Kier molecular flexibility index (Phi) is 2.95. The van der Waals surface area contributed by atoms with Crippen molar-refractivity contribution in [1.29, 1.82) is 0 Å². The summed E-state index contributed by atoms with van der Waals surface area (Å²) in [5.41, 5.74) is 0.607. The van der Waals surface area contributed by atoms with Gasteiger partial charge in [-0.15, -0.1) is 0 Å². The summed E-state index contributed by atoms with van der Waals surface area (Å²) in [6, 6.07) is 7.70. The second-order valence-electron chi connectivity index (χ2n) is 3.16. The highest BCUT2D eigenvalue weighted by atomic mass is 19.1. The van der Waals surface area contributed by atoms with Crippen LogP contribution in [-0.2, 0) is 6.54 Å². The quantitative estimate of drug-likeness (QED) is 0.857. The van der Waals surface area contributed by atoms with Gasteiger partial charge in [0.15, 0.2) is 5.69 Å². The average molecular weight is 220 g/mol. The molecule has 1 aromatic carbocycles. The lowest BCUT2D eigenvalue weighted by molar-refractivity contribution is 0.0941. The Morgan fingerprint density at radius 2 is 2.19 bits per heavy atom. The molecule has 0 saturated carbocycles. The van der Waals surface area contributed by atoms with Gasteiger partial charge in [-0.25, -0.2) is 4.39 Å². The van der Waals surface area contributed by atoms with Crippen molar-refractivity contribution in [3.8, 4) is 0 Å². The van der Waals surface area contributed by atoms with E-state index in [9.17, 15) is 9.18 Å². The Morgan fingerprint density at radius 3 is 2.88 bits per heavy atom. The van der Waals surface area contributed by atoms with Crippen LogP contribution in [-0.4, -0.2) is 11.1 Å². The van der Waals surface area contributed by atoms with E-state index in [1.807, 2.05) is 0 Å². The van der Waals surface area contributed by atoms with E-state index < -0.39 is 5.91 Å². The lowest BCUT2D eigenvalue weighted by Gasteiger charge is -2.03. The Balaban J connectivity index is 1.98. The maximum Gasteiger partial charge on any atom is 0.273 e. The summed E-state index contributed by atoms with van der Waals surface area (Å²) < 4.78 is 17.7. The minimum atomic E-state index is -0.392. The fourth-order valence-electron chi connectivity index (χ4n) is 1.24. The zero-order valence-corrected chi connectivity index (χ0v) is 8.31. The molecule has 0 fully saturated rings. The Bertz CT molecular complexity index is 482. The van der Waals surface area contributed by atoms with Crippen molar-refractivity contribution in [2.75, 3.05) is 0 Å². The van der Waals surface area contributed by atoms with Crippen molar-refractivity contribution in [1.82, 2.24) is 10.5 Å². The second-order valence-corrected chi connectivity index (χ2v) is 3.16. The summed E-state index contributed by atoms with van der Waals surface area (Å²) in [6.45, 7) is 0.123. The normalized spacial score (nSPS) is 10.1. The highest BCUT2D eigenvalue weighted by Gasteiger charge is 2.09. The third-order valence-electron chi connectivity index (χ3n) is 2.07. The molecule has 0 bridgehead atoms. The number of carbonyl (C=O) groups excluding carboxylic acids is 1. The van der Waals surface area contributed by atoms with Gasteiger partial charge in [0.2, 0.25) is 0 Å².